The van der Waals surface area contributed by atoms with E-state index in [0.29, 0.717) is 11.0 Å². The predicted molar refractivity (Wildman–Crippen MR) is 78.3 cm³/mol. The van der Waals surface area contributed by atoms with Gasteiger partial charge >= 0.3 is 0 Å². The molecule has 0 aliphatic heterocycles. The van der Waals surface area contributed by atoms with Crippen molar-refractivity contribution in [3.63, 3.8) is 0 Å². The minimum atomic E-state index is -0.699. The molecule has 0 aliphatic carbocycles. The molecule has 1 aromatic carbocycles. The number of amides is 1. The second kappa shape index (κ2) is 5.56. The van der Waals surface area contributed by atoms with Gasteiger partial charge in [-0.1, -0.05) is 23.3 Å². The first-order chi connectivity index (χ1) is 10.7. The van der Waals surface area contributed by atoms with E-state index in [9.17, 15) is 9.59 Å². The number of tetrazole rings is 1. The zero-order valence-electron chi connectivity index (χ0n) is 11.4. The van der Waals surface area contributed by atoms with E-state index in [4.69, 9.17) is 0 Å². The lowest BCUT2D eigenvalue weighted by molar-refractivity contribution is 0.101. The van der Waals surface area contributed by atoms with Crippen LogP contribution in [0.3, 0.4) is 0 Å². The Morgan fingerprint density at radius 3 is 2.95 bits per heavy atom. The molecule has 9 heteroatoms. The molecule has 0 radical (unpaired) electrons. The number of para-hydroxylation sites is 2. The predicted octanol–water partition coefficient (Wildman–Crippen LogP) is 0.348. The minimum Gasteiger partial charge on any atom is -0.301 e. The molecule has 0 spiro atoms. The molecule has 110 valence electrons. The summed E-state index contributed by atoms with van der Waals surface area (Å²) >= 11 is 0. The fraction of sp³-hybridized carbons (Fsp3) is 0.0769. The Kier molecular flexibility index (Phi) is 3.44. The third-order valence-electron chi connectivity index (χ3n) is 2.95. The first-order valence-corrected chi connectivity index (χ1v) is 6.36. The lowest BCUT2D eigenvalue weighted by atomic mass is 10.2. The Morgan fingerprint density at radius 2 is 2.23 bits per heavy atom. The summed E-state index contributed by atoms with van der Waals surface area (Å²) in [5.74, 6) is -0.732. The monoisotopic (exact) mass is 297 g/mol. The van der Waals surface area contributed by atoms with Gasteiger partial charge in [-0.05, 0) is 17.3 Å². The summed E-state index contributed by atoms with van der Waals surface area (Å²) in [6.07, 6.45) is 1.58. The Hall–Kier alpha value is -3.36. The largest absolute Gasteiger partial charge is 0.301 e. The van der Waals surface area contributed by atoms with Gasteiger partial charge in [0.2, 0.25) is 0 Å². The molecule has 0 aliphatic rings. The maximum atomic E-state index is 12.5. The van der Waals surface area contributed by atoms with E-state index >= 15 is 0 Å². The Labute approximate surface area is 123 Å². The molecule has 0 unspecified atom stereocenters. The van der Waals surface area contributed by atoms with Crippen molar-refractivity contribution in [2.75, 3.05) is 5.32 Å². The van der Waals surface area contributed by atoms with Crippen molar-refractivity contribution in [2.45, 2.75) is 6.54 Å². The first kappa shape index (κ1) is 13.6. The minimum absolute atomic E-state index is 0.0328. The van der Waals surface area contributed by atoms with Crippen molar-refractivity contribution in [1.82, 2.24) is 30.2 Å². The van der Waals surface area contributed by atoms with Crippen molar-refractivity contribution in [1.29, 1.82) is 0 Å². The zero-order valence-corrected chi connectivity index (χ0v) is 11.4. The number of rotatable bonds is 4. The van der Waals surface area contributed by atoms with Gasteiger partial charge in [0.1, 0.15) is 0 Å². The van der Waals surface area contributed by atoms with Crippen molar-refractivity contribution in [3.8, 4) is 0 Å². The topological polar surface area (TPSA) is 118 Å². The number of carbonyl (C=O) groups is 1. The van der Waals surface area contributed by atoms with E-state index < -0.39 is 11.5 Å². The number of benzene rings is 1. The van der Waals surface area contributed by atoms with Gasteiger partial charge < -0.3 is 4.57 Å². The number of nitrogens with zero attached hydrogens (tertiary/aromatic N) is 5. The molecule has 2 aromatic heterocycles. The van der Waals surface area contributed by atoms with E-state index in [1.807, 2.05) is 0 Å². The van der Waals surface area contributed by atoms with Crippen LogP contribution in [0.1, 0.15) is 10.5 Å². The van der Waals surface area contributed by atoms with Crippen LogP contribution in [-0.4, -0.2) is 36.1 Å². The van der Waals surface area contributed by atoms with Crippen LogP contribution in [0.25, 0.3) is 11.0 Å². The highest BCUT2D eigenvalue weighted by Gasteiger charge is 2.18. The van der Waals surface area contributed by atoms with E-state index in [-0.39, 0.29) is 18.2 Å². The number of nitrogens with one attached hydrogen (secondary N) is 2. The lowest BCUT2D eigenvalue weighted by Crippen LogP contribution is -2.31. The van der Waals surface area contributed by atoms with E-state index in [0.717, 1.165) is 0 Å². The number of hydrogen-bond donors (Lipinski definition) is 2. The molecular weight excluding hydrogens is 286 g/mol. The summed E-state index contributed by atoms with van der Waals surface area (Å²) in [5.41, 5.74) is 0.399. The zero-order chi connectivity index (χ0) is 15.5. The number of allylic oxidation sites excluding steroid dienone is 1. The fourth-order valence-electron chi connectivity index (χ4n) is 2.03. The molecule has 0 bridgehead atoms. The van der Waals surface area contributed by atoms with Gasteiger partial charge in [0.25, 0.3) is 17.4 Å². The number of anilines is 1. The number of carbonyl (C=O) groups excluding carboxylic acids is 1. The van der Waals surface area contributed by atoms with E-state index in [2.05, 4.69) is 37.5 Å². The van der Waals surface area contributed by atoms with Crippen LogP contribution in [0.15, 0.2) is 41.7 Å². The van der Waals surface area contributed by atoms with Gasteiger partial charge in [0.15, 0.2) is 5.69 Å². The SMILES string of the molecule is C=CCn1c(=O)c(C(=O)Nc2nn[nH]n2)nc2ccccc21. The third kappa shape index (κ3) is 2.35. The second-order valence-electron chi connectivity index (χ2n) is 4.34. The van der Waals surface area contributed by atoms with Crippen molar-refractivity contribution < 1.29 is 4.79 Å². The number of aromatic amines is 1. The normalized spacial score (nSPS) is 10.5. The molecule has 2 N–H and O–H groups in total. The molecule has 1 amide bonds. The fourth-order valence-corrected chi connectivity index (χ4v) is 2.03. The molecule has 9 nitrogen and oxygen atoms in total. The van der Waals surface area contributed by atoms with Gasteiger partial charge in [0.05, 0.1) is 11.0 Å². The third-order valence-corrected chi connectivity index (χ3v) is 2.95. The standard InChI is InChI=1S/C13H11N7O2/c1-2-7-20-9-6-4-3-5-8(9)14-10(12(20)22)11(21)15-13-16-18-19-17-13/h2-6H,1,7H2,(H2,15,16,17,18,19,21). The average molecular weight is 297 g/mol. The smallest absolute Gasteiger partial charge is 0.283 e. The van der Waals surface area contributed by atoms with Crippen molar-refractivity contribution in [2.24, 2.45) is 0 Å². The summed E-state index contributed by atoms with van der Waals surface area (Å²) < 4.78 is 1.43. The van der Waals surface area contributed by atoms with E-state index in [1.165, 1.54) is 4.57 Å². The van der Waals surface area contributed by atoms with Crippen LogP contribution in [0.2, 0.25) is 0 Å². The van der Waals surface area contributed by atoms with Gasteiger partial charge in [0, 0.05) is 6.54 Å². The highest BCUT2D eigenvalue weighted by atomic mass is 16.2. The summed E-state index contributed by atoms with van der Waals surface area (Å²) in [6.45, 7) is 3.89. The molecule has 0 fully saturated rings. The quantitative estimate of drug-likeness (QED) is 0.671. The van der Waals surface area contributed by atoms with Crippen LogP contribution in [0, 0.1) is 0 Å². The Morgan fingerprint density at radius 1 is 1.41 bits per heavy atom. The summed E-state index contributed by atoms with van der Waals surface area (Å²) in [7, 11) is 0. The van der Waals surface area contributed by atoms with Crippen LogP contribution >= 0.6 is 0 Å². The van der Waals surface area contributed by atoms with Gasteiger partial charge in [-0.2, -0.15) is 5.21 Å². The summed E-state index contributed by atoms with van der Waals surface area (Å²) in [6, 6.07) is 7.05. The van der Waals surface area contributed by atoms with Crippen LogP contribution in [0.4, 0.5) is 5.95 Å². The van der Waals surface area contributed by atoms with Crippen LogP contribution < -0.4 is 10.9 Å². The molecule has 3 aromatic rings. The molecule has 0 saturated heterocycles. The van der Waals surface area contributed by atoms with Gasteiger partial charge in [-0.3, -0.25) is 14.9 Å². The van der Waals surface area contributed by atoms with Gasteiger partial charge in [-0.25, -0.2) is 4.98 Å². The maximum Gasteiger partial charge on any atom is 0.283 e. The molecule has 2 heterocycles. The molecule has 22 heavy (non-hydrogen) atoms. The highest BCUT2D eigenvalue weighted by Crippen LogP contribution is 2.10. The second-order valence-corrected chi connectivity index (χ2v) is 4.34. The molecular formula is C13H11N7O2. The Bertz CT molecular complexity index is 898. The summed E-state index contributed by atoms with van der Waals surface area (Å²) in [5, 5.41) is 15.1. The number of fused-ring (bicyclic) bond motifs is 1. The van der Waals surface area contributed by atoms with Crippen molar-refractivity contribution >= 4 is 22.9 Å². The van der Waals surface area contributed by atoms with Crippen LogP contribution in [0.5, 0.6) is 0 Å². The van der Waals surface area contributed by atoms with Gasteiger partial charge in [-0.15, -0.1) is 11.7 Å². The molecule has 0 saturated carbocycles. The van der Waals surface area contributed by atoms with Crippen LogP contribution in [-0.2, 0) is 6.54 Å². The lowest BCUT2D eigenvalue weighted by Gasteiger charge is -2.09. The Balaban J connectivity index is 2.13. The number of H-pyrrole nitrogens is 1. The first-order valence-electron chi connectivity index (χ1n) is 6.36. The molecule has 3 rings (SSSR count). The number of aromatic nitrogens is 6. The molecule has 0 atom stereocenters. The number of hydrogen-bond acceptors (Lipinski definition) is 6. The average Bonchev–Trinajstić information content (AvgIpc) is 3.02. The summed E-state index contributed by atoms with van der Waals surface area (Å²) in [4.78, 5) is 28.8. The highest BCUT2D eigenvalue weighted by molar-refractivity contribution is 6.02. The maximum absolute atomic E-state index is 12.5. The van der Waals surface area contributed by atoms with Crippen molar-refractivity contribution in [3.05, 3.63) is 53.0 Å². The van der Waals surface area contributed by atoms with E-state index in [1.54, 1.807) is 30.3 Å².